The maximum atomic E-state index is 5.63. The lowest BCUT2D eigenvalue weighted by Gasteiger charge is -2.03. The molecule has 0 aliphatic carbocycles. The highest BCUT2D eigenvalue weighted by molar-refractivity contribution is 9.10. The van der Waals surface area contributed by atoms with Crippen molar-refractivity contribution in [3.05, 3.63) is 51.0 Å². The van der Waals surface area contributed by atoms with Crippen LogP contribution in [0.4, 0.5) is 0 Å². The minimum Gasteiger partial charge on any atom is -0.496 e. The summed E-state index contributed by atoms with van der Waals surface area (Å²) in [6.45, 7) is 0. The lowest BCUT2D eigenvalue weighted by atomic mass is 10.2. The molecule has 0 aliphatic rings. The highest BCUT2D eigenvalue weighted by Crippen LogP contribution is 2.30. The molecule has 0 atom stereocenters. The Kier molecular flexibility index (Phi) is 4.17. The second-order valence-electron chi connectivity index (χ2n) is 4.14. The highest BCUT2D eigenvalue weighted by Gasteiger charge is 2.09. The number of halogens is 1. The average Bonchev–Trinajstić information content (AvgIpc) is 3.16. The van der Waals surface area contributed by atoms with Gasteiger partial charge in [-0.15, -0.1) is 21.5 Å². The van der Waals surface area contributed by atoms with Crippen LogP contribution in [0.1, 0.15) is 10.8 Å². The Hall–Kier alpha value is -1.92. The van der Waals surface area contributed by atoms with E-state index >= 15 is 0 Å². The molecule has 4 nitrogen and oxygen atoms in total. The first-order valence-electron chi connectivity index (χ1n) is 6.15. The topological polar surface area (TPSA) is 48.2 Å². The zero-order valence-corrected chi connectivity index (χ0v) is 13.5. The summed E-state index contributed by atoms with van der Waals surface area (Å²) in [5.74, 6) is 1.71. The Morgan fingerprint density at radius 2 is 2.14 bits per heavy atom. The number of hydrogen-bond acceptors (Lipinski definition) is 5. The first-order chi connectivity index (χ1) is 10.3. The molecule has 3 rings (SSSR count). The summed E-state index contributed by atoms with van der Waals surface area (Å²) in [4.78, 5) is 1.14. The van der Waals surface area contributed by atoms with E-state index in [1.165, 1.54) is 0 Å². The van der Waals surface area contributed by atoms with Crippen LogP contribution in [-0.2, 0) is 0 Å². The molecule has 0 aliphatic heterocycles. The summed E-state index contributed by atoms with van der Waals surface area (Å²) in [6.07, 6.45) is 3.76. The van der Waals surface area contributed by atoms with Crippen molar-refractivity contribution in [3.8, 4) is 17.2 Å². The van der Waals surface area contributed by atoms with Crippen LogP contribution in [0.3, 0.4) is 0 Å². The van der Waals surface area contributed by atoms with Crippen LogP contribution < -0.4 is 4.74 Å². The maximum Gasteiger partial charge on any atom is 0.248 e. The number of methoxy groups -OCH3 is 1. The SMILES string of the molecule is COc1ccc(-c2nnc(C=Cc3cccs3)o2)cc1Br. The normalized spacial score (nSPS) is 11.1. The van der Waals surface area contributed by atoms with Gasteiger partial charge in [0, 0.05) is 16.5 Å². The molecule has 0 amide bonds. The third kappa shape index (κ3) is 3.22. The molecule has 0 spiro atoms. The van der Waals surface area contributed by atoms with E-state index in [9.17, 15) is 0 Å². The van der Waals surface area contributed by atoms with Gasteiger partial charge in [-0.25, -0.2) is 0 Å². The summed E-state index contributed by atoms with van der Waals surface area (Å²) < 4.78 is 11.7. The van der Waals surface area contributed by atoms with Gasteiger partial charge in [0.05, 0.1) is 11.6 Å². The van der Waals surface area contributed by atoms with Crippen molar-refractivity contribution in [2.75, 3.05) is 7.11 Å². The van der Waals surface area contributed by atoms with Crippen molar-refractivity contribution in [1.82, 2.24) is 10.2 Å². The van der Waals surface area contributed by atoms with Crippen molar-refractivity contribution >= 4 is 39.4 Å². The van der Waals surface area contributed by atoms with Gasteiger partial charge in [0.25, 0.3) is 0 Å². The molecule has 0 N–H and O–H groups in total. The van der Waals surface area contributed by atoms with E-state index in [4.69, 9.17) is 9.15 Å². The number of aromatic nitrogens is 2. The van der Waals surface area contributed by atoms with Gasteiger partial charge in [0.2, 0.25) is 11.8 Å². The number of nitrogens with zero attached hydrogens (tertiary/aromatic N) is 2. The predicted octanol–water partition coefficient (Wildman–Crippen LogP) is 4.74. The Bertz CT molecular complexity index is 766. The van der Waals surface area contributed by atoms with E-state index in [1.54, 1.807) is 24.5 Å². The Labute approximate surface area is 134 Å². The van der Waals surface area contributed by atoms with E-state index in [2.05, 4.69) is 26.1 Å². The molecule has 0 saturated carbocycles. The minimum absolute atomic E-state index is 0.476. The molecule has 3 aromatic rings. The highest BCUT2D eigenvalue weighted by atomic mass is 79.9. The van der Waals surface area contributed by atoms with Crippen LogP contribution in [-0.4, -0.2) is 17.3 Å². The standard InChI is InChI=1S/C15H11BrN2O2S/c1-19-13-6-4-10(9-12(13)16)15-18-17-14(20-15)7-5-11-3-2-8-21-11/h2-9H,1H3. The molecular weight excluding hydrogens is 352 g/mol. The van der Waals surface area contributed by atoms with Gasteiger partial charge in [0.1, 0.15) is 5.75 Å². The number of ether oxygens (including phenoxy) is 1. The Morgan fingerprint density at radius 1 is 1.24 bits per heavy atom. The molecule has 1 aromatic carbocycles. The molecule has 21 heavy (non-hydrogen) atoms. The molecule has 2 heterocycles. The van der Waals surface area contributed by atoms with E-state index in [0.717, 1.165) is 20.7 Å². The van der Waals surface area contributed by atoms with Crippen LogP contribution in [0, 0.1) is 0 Å². The monoisotopic (exact) mass is 362 g/mol. The largest absolute Gasteiger partial charge is 0.496 e. The quantitative estimate of drug-likeness (QED) is 0.672. The fraction of sp³-hybridized carbons (Fsp3) is 0.0667. The lowest BCUT2D eigenvalue weighted by Crippen LogP contribution is -1.85. The van der Waals surface area contributed by atoms with E-state index in [0.29, 0.717) is 11.8 Å². The molecule has 0 fully saturated rings. The molecule has 0 unspecified atom stereocenters. The van der Waals surface area contributed by atoms with Gasteiger partial charge in [-0.2, -0.15) is 0 Å². The average molecular weight is 363 g/mol. The minimum atomic E-state index is 0.476. The second kappa shape index (κ2) is 6.24. The van der Waals surface area contributed by atoms with Crippen LogP contribution >= 0.6 is 27.3 Å². The third-order valence-electron chi connectivity index (χ3n) is 2.77. The van der Waals surface area contributed by atoms with Gasteiger partial charge < -0.3 is 9.15 Å². The Balaban J connectivity index is 1.83. The van der Waals surface area contributed by atoms with E-state index < -0.39 is 0 Å². The maximum absolute atomic E-state index is 5.63. The van der Waals surface area contributed by atoms with Gasteiger partial charge in [-0.1, -0.05) is 6.07 Å². The first-order valence-corrected chi connectivity index (χ1v) is 7.82. The van der Waals surface area contributed by atoms with E-state index in [1.807, 2.05) is 41.8 Å². The van der Waals surface area contributed by atoms with Gasteiger partial charge in [-0.05, 0) is 51.7 Å². The Morgan fingerprint density at radius 3 is 2.86 bits per heavy atom. The molecule has 106 valence electrons. The second-order valence-corrected chi connectivity index (χ2v) is 5.98. The van der Waals surface area contributed by atoms with Crippen LogP contribution in [0.25, 0.3) is 23.6 Å². The van der Waals surface area contributed by atoms with Crippen molar-refractivity contribution in [2.24, 2.45) is 0 Å². The summed E-state index contributed by atoms with van der Waals surface area (Å²) >= 11 is 5.10. The summed E-state index contributed by atoms with van der Waals surface area (Å²) in [6, 6.07) is 9.64. The molecule has 6 heteroatoms. The third-order valence-corrected chi connectivity index (χ3v) is 4.23. The van der Waals surface area contributed by atoms with Crippen molar-refractivity contribution in [1.29, 1.82) is 0 Å². The number of rotatable bonds is 4. The predicted molar refractivity (Wildman–Crippen MR) is 87.2 cm³/mol. The number of hydrogen-bond donors (Lipinski definition) is 0. The molecule has 0 bridgehead atoms. The summed E-state index contributed by atoms with van der Waals surface area (Å²) in [5, 5.41) is 10.1. The number of benzene rings is 1. The van der Waals surface area contributed by atoms with Crippen LogP contribution in [0.5, 0.6) is 5.75 Å². The van der Waals surface area contributed by atoms with Gasteiger partial charge in [0.15, 0.2) is 0 Å². The fourth-order valence-electron chi connectivity index (χ4n) is 1.76. The van der Waals surface area contributed by atoms with Gasteiger partial charge in [-0.3, -0.25) is 0 Å². The first kappa shape index (κ1) is 14.0. The zero-order valence-electron chi connectivity index (χ0n) is 11.1. The summed E-state index contributed by atoms with van der Waals surface area (Å²) in [7, 11) is 1.62. The molecule has 2 aromatic heterocycles. The zero-order chi connectivity index (χ0) is 14.7. The van der Waals surface area contributed by atoms with Crippen LogP contribution in [0.15, 0.2) is 44.6 Å². The molecular formula is C15H11BrN2O2S. The van der Waals surface area contributed by atoms with Crippen molar-refractivity contribution in [2.45, 2.75) is 0 Å². The van der Waals surface area contributed by atoms with E-state index in [-0.39, 0.29) is 0 Å². The summed E-state index contributed by atoms with van der Waals surface area (Å²) in [5.41, 5.74) is 0.839. The molecule has 0 saturated heterocycles. The van der Waals surface area contributed by atoms with Crippen molar-refractivity contribution in [3.63, 3.8) is 0 Å². The lowest BCUT2D eigenvalue weighted by molar-refractivity contribution is 0.412. The van der Waals surface area contributed by atoms with Crippen molar-refractivity contribution < 1.29 is 9.15 Å². The van der Waals surface area contributed by atoms with Gasteiger partial charge >= 0.3 is 0 Å². The molecule has 0 radical (unpaired) electrons. The smallest absolute Gasteiger partial charge is 0.248 e. The number of thiophene rings is 1. The fourth-order valence-corrected chi connectivity index (χ4v) is 2.92. The van der Waals surface area contributed by atoms with Crippen LogP contribution in [0.2, 0.25) is 0 Å².